The average Bonchev–Trinajstić information content (AvgIpc) is 2.47. The highest BCUT2D eigenvalue weighted by molar-refractivity contribution is 6.39. The molecular formula is C16H19Cl2NO3. The van der Waals surface area contributed by atoms with Crippen LogP contribution in [0.4, 0.5) is 0 Å². The zero-order valence-corrected chi connectivity index (χ0v) is 13.9. The molecule has 0 aromatic heterocycles. The number of carbonyl (C=O) groups is 2. The molecule has 0 radical (unpaired) electrons. The van der Waals surface area contributed by atoms with E-state index < -0.39 is 5.97 Å². The molecule has 120 valence electrons. The number of rotatable bonds is 4. The van der Waals surface area contributed by atoms with Crippen molar-refractivity contribution in [3.8, 4) is 0 Å². The third-order valence-electron chi connectivity index (χ3n) is 3.96. The highest BCUT2D eigenvalue weighted by atomic mass is 35.5. The van der Waals surface area contributed by atoms with Crippen molar-refractivity contribution in [1.82, 2.24) is 5.32 Å². The summed E-state index contributed by atoms with van der Waals surface area (Å²) >= 11 is 11.9. The van der Waals surface area contributed by atoms with Crippen LogP contribution in [0.15, 0.2) is 18.2 Å². The molecule has 0 bridgehead atoms. The lowest BCUT2D eigenvalue weighted by Crippen LogP contribution is -2.42. The molecular weight excluding hydrogens is 325 g/mol. The van der Waals surface area contributed by atoms with Crippen LogP contribution < -0.4 is 5.32 Å². The van der Waals surface area contributed by atoms with Crippen molar-refractivity contribution in [3.05, 3.63) is 33.8 Å². The zero-order chi connectivity index (χ0) is 16.1. The molecule has 2 atom stereocenters. The van der Waals surface area contributed by atoms with Gasteiger partial charge in [0, 0.05) is 6.04 Å². The molecule has 1 aromatic rings. The van der Waals surface area contributed by atoms with E-state index in [1.165, 1.54) is 6.42 Å². The van der Waals surface area contributed by atoms with Crippen molar-refractivity contribution >= 4 is 35.1 Å². The van der Waals surface area contributed by atoms with Crippen LogP contribution in [0.25, 0.3) is 0 Å². The second-order valence-electron chi connectivity index (χ2n) is 5.61. The lowest BCUT2D eigenvalue weighted by atomic mass is 9.86. The second-order valence-corrected chi connectivity index (χ2v) is 6.42. The molecule has 0 saturated heterocycles. The molecule has 22 heavy (non-hydrogen) atoms. The van der Waals surface area contributed by atoms with E-state index in [-0.39, 0.29) is 34.2 Å². The first kappa shape index (κ1) is 17.1. The molecule has 4 nitrogen and oxygen atoms in total. The minimum absolute atomic E-state index is 0.0877. The van der Waals surface area contributed by atoms with Gasteiger partial charge in [-0.2, -0.15) is 0 Å². The quantitative estimate of drug-likeness (QED) is 0.845. The summed E-state index contributed by atoms with van der Waals surface area (Å²) in [5, 5.41) is 3.34. The van der Waals surface area contributed by atoms with Gasteiger partial charge in [0.1, 0.15) is 0 Å². The maximum atomic E-state index is 12.0. The Morgan fingerprint density at radius 2 is 1.86 bits per heavy atom. The van der Waals surface area contributed by atoms with Crippen LogP contribution in [0.3, 0.4) is 0 Å². The second kappa shape index (κ2) is 7.84. The van der Waals surface area contributed by atoms with Crippen LogP contribution in [-0.4, -0.2) is 24.5 Å². The molecule has 1 aromatic carbocycles. The number of esters is 1. The lowest BCUT2D eigenvalue weighted by Gasteiger charge is -2.29. The summed E-state index contributed by atoms with van der Waals surface area (Å²) in [5.74, 6) is -0.538. The maximum absolute atomic E-state index is 12.0. The summed E-state index contributed by atoms with van der Waals surface area (Å²) in [6.45, 7) is 1.79. The largest absolute Gasteiger partial charge is 0.452 e. The number of hydrogen-bond donors (Lipinski definition) is 1. The van der Waals surface area contributed by atoms with E-state index in [1.54, 1.807) is 18.2 Å². The van der Waals surface area contributed by atoms with Crippen molar-refractivity contribution in [2.75, 3.05) is 6.61 Å². The van der Waals surface area contributed by atoms with Gasteiger partial charge in [-0.25, -0.2) is 4.79 Å². The minimum atomic E-state index is -0.692. The van der Waals surface area contributed by atoms with Gasteiger partial charge in [0.05, 0.1) is 15.6 Å². The van der Waals surface area contributed by atoms with Crippen LogP contribution in [0, 0.1) is 5.92 Å². The Morgan fingerprint density at radius 1 is 1.23 bits per heavy atom. The number of carbonyl (C=O) groups excluding carboxylic acids is 2. The zero-order valence-electron chi connectivity index (χ0n) is 12.4. The van der Waals surface area contributed by atoms with Gasteiger partial charge in [-0.1, -0.05) is 49.0 Å². The normalized spacial score (nSPS) is 21.2. The molecule has 1 saturated carbocycles. The fourth-order valence-corrected chi connectivity index (χ4v) is 3.23. The SMILES string of the molecule is C[C@H]1CCCC[C@H]1NC(=O)COC(=O)c1c(Cl)cccc1Cl. The van der Waals surface area contributed by atoms with E-state index in [4.69, 9.17) is 27.9 Å². The summed E-state index contributed by atoms with van der Waals surface area (Å²) in [5.41, 5.74) is 0.0877. The average molecular weight is 344 g/mol. The first-order valence-corrected chi connectivity index (χ1v) is 8.15. The fourth-order valence-electron chi connectivity index (χ4n) is 2.68. The van der Waals surface area contributed by atoms with Crippen molar-refractivity contribution in [2.45, 2.75) is 38.6 Å². The van der Waals surface area contributed by atoms with Crippen LogP contribution in [-0.2, 0) is 9.53 Å². The summed E-state index contributed by atoms with van der Waals surface area (Å²) in [7, 11) is 0. The van der Waals surface area contributed by atoms with Gasteiger partial charge in [-0.3, -0.25) is 4.79 Å². The van der Waals surface area contributed by atoms with Crippen LogP contribution in [0.1, 0.15) is 43.0 Å². The Balaban J connectivity index is 1.87. The van der Waals surface area contributed by atoms with E-state index in [0.717, 1.165) is 19.3 Å². The molecule has 1 N–H and O–H groups in total. The van der Waals surface area contributed by atoms with Gasteiger partial charge in [0.2, 0.25) is 0 Å². The fraction of sp³-hybridized carbons (Fsp3) is 0.500. The molecule has 0 spiro atoms. The summed E-state index contributed by atoms with van der Waals surface area (Å²) < 4.78 is 5.01. The Hall–Kier alpha value is -1.26. The summed E-state index contributed by atoms with van der Waals surface area (Å²) in [4.78, 5) is 23.9. The van der Waals surface area contributed by atoms with Gasteiger partial charge < -0.3 is 10.1 Å². The molecule has 1 fully saturated rings. The smallest absolute Gasteiger partial charge is 0.341 e. The Labute approximate surface area is 140 Å². The number of halogens is 2. The molecule has 0 heterocycles. The third kappa shape index (κ3) is 4.37. The minimum Gasteiger partial charge on any atom is -0.452 e. The number of ether oxygens (including phenoxy) is 1. The van der Waals surface area contributed by atoms with E-state index in [2.05, 4.69) is 12.2 Å². The topological polar surface area (TPSA) is 55.4 Å². The van der Waals surface area contributed by atoms with Gasteiger partial charge in [0.15, 0.2) is 6.61 Å². The molecule has 1 aliphatic rings. The highest BCUT2D eigenvalue weighted by Gasteiger charge is 2.23. The summed E-state index contributed by atoms with van der Waals surface area (Å²) in [6.07, 6.45) is 4.40. The van der Waals surface area contributed by atoms with Crippen molar-refractivity contribution in [1.29, 1.82) is 0 Å². The van der Waals surface area contributed by atoms with Crippen molar-refractivity contribution in [3.63, 3.8) is 0 Å². The van der Waals surface area contributed by atoms with Crippen molar-refractivity contribution in [2.24, 2.45) is 5.92 Å². The first-order valence-electron chi connectivity index (χ1n) is 7.39. The third-order valence-corrected chi connectivity index (χ3v) is 4.59. The van der Waals surface area contributed by atoms with Crippen LogP contribution in [0.5, 0.6) is 0 Å². The van der Waals surface area contributed by atoms with Crippen LogP contribution in [0.2, 0.25) is 10.0 Å². The molecule has 6 heteroatoms. The highest BCUT2D eigenvalue weighted by Crippen LogP contribution is 2.25. The van der Waals surface area contributed by atoms with Crippen molar-refractivity contribution < 1.29 is 14.3 Å². The van der Waals surface area contributed by atoms with Gasteiger partial charge >= 0.3 is 5.97 Å². The number of benzene rings is 1. The molecule has 0 unspecified atom stereocenters. The monoisotopic (exact) mass is 343 g/mol. The predicted octanol–water partition coefficient (Wildman–Crippen LogP) is 3.85. The predicted molar refractivity (Wildman–Crippen MR) is 86.3 cm³/mol. The van der Waals surface area contributed by atoms with Gasteiger partial charge in [0.25, 0.3) is 5.91 Å². The van der Waals surface area contributed by atoms with E-state index in [9.17, 15) is 9.59 Å². The molecule has 0 aliphatic heterocycles. The van der Waals surface area contributed by atoms with E-state index >= 15 is 0 Å². The number of nitrogens with one attached hydrogen (secondary N) is 1. The van der Waals surface area contributed by atoms with Crippen LogP contribution >= 0.6 is 23.2 Å². The summed E-state index contributed by atoms with van der Waals surface area (Å²) in [6, 6.07) is 4.89. The maximum Gasteiger partial charge on any atom is 0.341 e. The van der Waals surface area contributed by atoms with Gasteiger partial charge in [-0.05, 0) is 30.9 Å². The number of hydrogen-bond acceptors (Lipinski definition) is 3. The molecule has 1 aliphatic carbocycles. The lowest BCUT2D eigenvalue weighted by molar-refractivity contribution is -0.125. The number of amides is 1. The van der Waals surface area contributed by atoms with E-state index in [1.807, 2.05) is 0 Å². The van der Waals surface area contributed by atoms with Gasteiger partial charge in [-0.15, -0.1) is 0 Å². The Bertz CT molecular complexity index is 542. The molecule has 2 rings (SSSR count). The van der Waals surface area contributed by atoms with E-state index in [0.29, 0.717) is 5.92 Å². The standard InChI is InChI=1S/C16H19Cl2NO3/c1-10-5-2-3-8-13(10)19-14(20)9-22-16(21)15-11(17)6-4-7-12(15)18/h4,6-7,10,13H,2-3,5,8-9H2,1H3,(H,19,20)/t10-,13+/m0/s1. The Morgan fingerprint density at radius 3 is 2.50 bits per heavy atom. The Kier molecular flexibility index (Phi) is 6.09. The first-order chi connectivity index (χ1) is 10.5. The molecule has 1 amide bonds.